The Balaban J connectivity index is 2.25. The Morgan fingerprint density at radius 1 is 1.42 bits per heavy atom. The molecule has 2 rings (SSSR count). The molecule has 2 atom stereocenters. The van der Waals surface area contributed by atoms with E-state index in [1.165, 1.54) is 17.0 Å². The fourth-order valence-corrected chi connectivity index (χ4v) is 2.83. The van der Waals surface area contributed by atoms with Crippen LogP contribution in [0.25, 0.3) is 0 Å². The second-order valence-corrected chi connectivity index (χ2v) is 5.58. The zero-order valence-corrected chi connectivity index (χ0v) is 11.9. The number of rotatable bonds is 2. The summed E-state index contributed by atoms with van der Waals surface area (Å²) in [4.78, 5) is 24.7. The van der Waals surface area contributed by atoms with Crippen LogP contribution < -0.4 is 0 Å². The number of hydrogen-bond acceptors (Lipinski definition) is 2. The Hall–Kier alpha value is -1.43. The van der Waals surface area contributed by atoms with Crippen LogP contribution in [0.2, 0.25) is 0 Å². The Morgan fingerprint density at radius 2 is 2.11 bits per heavy atom. The molecule has 4 nitrogen and oxygen atoms in total. The van der Waals surface area contributed by atoms with E-state index in [-0.39, 0.29) is 18.0 Å². The molecular weight excluding hydrogens is 317 g/mol. The number of hydrogen-bond donors (Lipinski definition) is 1. The summed E-state index contributed by atoms with van der Waals surface area (Å²) in [6, 6.07) is 4.31. The van der Waals surface area contributed by atoms with Crippen LogP contribution in [-0.4, -0.2) is 35.0 Å². The summed E-state index contributed by atoms with van der Waals surface area (Å²) in [5.74, 6) is -2.72. The largest absolute Gasteiger partial charge is 0.481 e. The lowest BCUT2D eigenvalue weighted by Crippen LogP contribution is -2.30. The van der Waals surface area contributed by atoms with Crippen molar-refractivity contribution in [2.24, 2.45) is 11.8 Å². The van der Waals surface area contributed by atoms with E-state index >= 15 is 0 Å². The van der Waals surface area contributed by atoms with Crippen LogP contribution in [0, 0.1) is 17.7 Å². The molecular formula is C13H13BrFNO3. The number of carboxylic acid groups (broad SMARTS) is 1. The topological polar surface area (TPSA) is 57.6 Å². The first-order valence-corrected chi connectivity index (χ1v) is 6.67. The maximum Gasteiger partial charge on any atom is 0.308 e. The van der Waals surface area contributed by atoms with Gasteiger partial charge in [-0.1, -0.05) is 13.0 Å². The van der Waals surface area contributed by atoms with Gasteiger partial charge >= 0.3 is 5.97 Å². The van der Waals surface area contributed by atoms with Crippen molar-refractivity contribution in [2.75, 3.05) is 13.1 Å². The molecule has 0 aromatic heterocycles. The molecule has 19 heavy (non-hydrogen) atoms. The van der Waals surface area contributed by atoms with Gasteiger partial charge in [0.25, 0.3) is 5.91 Å². The molecule has 1 aliphatic heterocycles. The van der Waals surface area contributed by atoms with Gasteiger partial charge in [0.1, 0.15) is 5.82 Å². The minimum absolute atomic E-state index is 0.0410. The lowest BCUT2D eigenvalue weighted by molar-refractivity contribution is -0.142. The maximum absolute atomic E-state index is 13.7. The highest BCUT2D eigenvalue weighted by Gasteiger charge is 2.38. The van der Waals surface area contributed by atoms with Gasteiger partial charge in [0.2, 0.25) is 0 Å². The molecule has 0 spiro atoms. The predicted octanol–water partition coefficient (Wildman–Crippen LogP) is 2.38. The first kappa shape index (κ1) is 14.0. The molecule has 1 aromatic carbocycles. The summed E-state index contributed by atoms with van der Waals surface area (Å²) in [6.45, 7) is 2.23. The van der Waals surface area contributed by atoms with Crippen LogP contribution in [0.5, 0.6) is 0 Å². The van der Waals surface area contributed by atoms with E-state index in [1.54, 1.807) is 13.0 Å². The van der Waals surface area contributed by atoms with Crippen molar-refractivity contribution in [3.8, 4) is 0 Å². The Bertz CT molecular complexity index is 514. The number of likely N-dealkylation sites (tertiary alicyclic amines) is 1. The van der Waals surface area contributed by atoms with Gasteiger partial charge in [-0.15, -0.1) is 0 Å². The molecule has 1 saturated heterocycles. The molecule has 1 heterocycles. The molecule has 1 N–H and O–H groups in total. The van der Waals surface area contributed by atoms with Gasteiger partial charge in [-0.2, -0.15) is 0 Å². The van der Waals surface area contributed by atoms with E-state index in [9.17, 15) is 14.0 Å². The average molecular weight is 330 g/mol. The normalized spacial score (nSPS) is 22.6. The minimum atomic E-state index is -0.921. The van der Waals surface area contributed by atoms with Gasteiger partial charge in [-0.05, 0) is 34.0 Å². The van der Waals surface area contributed by atoms with E-state index in [4.69, 9.17) is 5.11 Å². The Labute approximate surface area is 118 Å². The van der Waals surface area contributed by atoms with Crippen molar-refractivity contribution >= 4 is 27.8 Å². The summed E-state index contributed by atoms with van der Waals surface area (Å²) < 4.78 is 14.1. The number of nitrogens with zero attached hydrogens (tertiary/aromatic N) is 1. The number of aliphatic carboxylic acids is 1. The van der Waals surface area contributed by atoms with E-state index in [0.29, 0.717) is 11.0 Å². The third-order valence-corrected chi connectivity index (χ3v) is 4.05. The summed E-state index contributed by atoms with van der Waals surface area (Å²) in [5, 5.41) is 9.04. The minimum Gasteiger partial charge on any atom is -0.481 e. The van der Waals surface area contributed by atoms with Crippen molar-refractivity contribution in [2.45, 2.75) is 6.92 Å². The van der Waals surface area contributed by atoms with Gasteiger partial charge < -0.3 is 10.0 Å². The summed E-state index contributed by atoms with van der Waals surface area (Å²) in [7, 11) is 0. The lowest BCUT2D eigenvalue weighted by Gasteiger charge is -2.17. The highest BCUT2D eigenvalue weighted by atomic mass is 79.9. The molecule has 1 amide bonds. The van der Waals surface area contributed by atoms with E-state index in [2.05, 4.69) is 15.9 Å². The van der Waals surface area contributed by atoms with Crippen LogP contribution in [0.3, 0.4) is 0 Å². The molecule has 0 aliphatic carbocycles. The van der Waals surface area contributed by atoms with Crippen LogP contribution >= 0.6 is 15.9 Å². The van der Waals surface area contributed by atoms with Crippen molar-refractivity contribution in [3.05, 3.63) is 34.1 Å². The fourth-order valence-electron chi connectivity index (χ4n) is 2.31. The van der Waals surface area contributed by atoms with Gasteiger partial charge in [0.05, 0.1) is 11.5 Å². The number of carboxylic acids is 1. The third kappa shape index (κ3) is 2.63. The maximum atomic E-state index is 13.7. The first-order valence-electron chi connectivity index (χ1n) is 5.88. The zero-order valence-electron chi connectivity index (χ0n) is 10.3. The predicted molar refractivity (Wildman–Crippen MR) is 70.3 cm³/mol. The van der Waals surface area contributed by atoms with Gasteiger partial charge in [0, 0.05) is 17.6 Å². The molecule has 6 heteroatoms. The van der Waals surface area contributed by atoms with Crippen LogP contribution in [0.15, 0.2) is 22.7 Å². The SMILES string of the molecule is C[C@@H]1CN(C(=O)c2c(F)cccc2Br)C[C@H]1C(=O)O. The van der Waals surface area contributed by atoms with Crippen molar-refractivity contribution in [1.82, 2.24) is 4.90 Å². The smallest absolute Gasteiger partial charge is 0.308 e. The molecule has 1 aliphatic rings. The number of halogens is 2. The standard InChI is InChI=1S/C13H13BrFNO3/c1-7-5-16(6-8(7)13(18)19)12(17)11-9(14)3-2-4-10(11)15/h2-4,7-8H,5-6H2,1H3,(H,18,19)/t7-,8-/m1/s1. The highest BCUT2D eigenvalue weighted by Crippen LogP contribution is 2.27. The molecule has 102 valence electrons. The van der Waals surface area contributed by atoms with Gasteiger partial charge in [0.15, 0.2) is 0 Å². The Morgan fingerprint density at radius 3 is 2.63 bits per heavy atom. The third-order valence-electron chi connectivity index (χ3n) is 3.39. The first-order chi connectivity index (χ1) is 8.91. The van der Waals surface area contributed by atoms with Gasteiger partial charge in [-0.3, -0.25) is 9.59 Å². The second-order valence-electron chi connectivity index (χ2n) is 4.73. The van der Waals surface area contributed by atoms with Crippen molar-refractivity contribution in [1.29, 1.82) is 0 Å². The second kappa shape index (κ2) is 5.28. The van der Waals surface area contributed by atoms with Crippen LogP contribution in [-0.2, 0) is 4.79 Å². The fraction of sp³-hybridized carbons (Fsp3) is 0.385. The molecule has 0 bridgehead atoms. The molecule has 0 saturated carbocycles. The monoisotopic (exact) mass is 329 g/mol. The molecule has 1 fully saturated rings. The lowest BCUT2D eigenvalue weighted by atomic mass is 9.99. The zero-order chi connectivity index (χ0) is 14.2. The molecule has 0 unspecified atom stereocenters. The number of carbonyl (C=O) groups is 2. The van der Waals surface area contributed by atoms with E-state index in [1.807, 2.05) is 0 Å². The summed E-state index contributed by atoms with van der Waals surface area (Å²) in [5.41, 5.74) is -0.0410. The van der Waals surface area contributed by atoms with E-state index < -0.39 is 23.6 Å². The van der Waals surface area contributed by atoms with Gasteiger partial charge in [-0.25, -0.2) is 4.39 Å². The molecule has 1 aromatic rings. The quantitative estimate of drug-likeness (QED) is 0.906. The summed E-state index contributed by atoms with van der Waals surface area (Å²) in [6.07, 6.45) is 0. The van der Waals surface area contributed by atoms with E-state index in [0.717, 1.165) is 0 Å². The number of carbonyl (C=O) groups excluding carboxylic acids is 1. The van der Waals surface area contributed by atoms with Crippen LogP contribution in [0.1, 0.15) is 17.3 Å². The Kier molecular flexibility index (Phi) is 3.89. The van der Waals surface area contributed by atoms with Crippen molar-refractivity contribution < 1.29 is 19.1 Å². The highest BCUT2D eigenvalue weighted by molar-refractivity contribution is 9.10. The molecule has 0 radical (unpaired) electrons. The van der Waals surface area contributed by atoms with Crippen LogP contribution in [0.4, 0.5) is 4.39 Å². The number of benzene rings is 1. The summed E-state index contributed by atoms with van der Waals surface area (Å²) >= 11 is 3.15. The average Bonchev–Trinajstić information content (AvgIpc) is 2.71. The number of amides is 1. The van der Waals surface area contributed by atoms with Crippen molar-refractivity contribution in [3.63, 3.8) is 0 Å².